The fraction of sp³-hybridized carbons (Fsp3) is 0.556. The number of nitrogens with one attached hydrogen (secondary N) is 1. The Bertz CT molecular complexity index is 240. The molecule has 0 saturated heterocycles. The second kappa shape index (κ2) is 3.63. The van der Waals surface area contributed by atoms with Crippen molar-refractivity contribution in [3.63, 3.8) is 0 Å². The van der Waals surface area contributed by atoms with E-state index >= 15 is 0 Å². The summed E-state index contributed by atoms with van der Waals surface area (Å²) in [7, 11) is 1.92. The Kier molecular flexibility index (Phi) is 2.76. The Morgan fingerprint density at radius 1 is 1.58 bits per heavy atom. The van der Waals surface area contributed by atoms with Crippen molar-refractivity contribution in [2.75, 3.05) is 7.05 Å². The highest BCUT2D eigenvalue weighted by molar-refractivity contribution is 5.82. The van der Waals surface area contributed by atoms with Crippen molar-refractivity contribution in [3.8, 4) is 0 Å². The monoisotopic (exact) mass is 165 g/mol. The molecule has 0 fully saturated rings. The molecular weight excluding hydrogens is 150 g/mol. The second-order valence-electron chi connectivity index (χ2n) is 3.04. The van der Waals surface area contributed by atoms with Gasteiger partial charge in [-0.1, -0.05) is 6.92 Å². The zero-order valence-corrected chi connectivity index (χ0v) is 7.83. The van der Waals surface area contributed by atoms with E-state index in [4.69, 9.17) is 0 Å². The number of nitrogens with zero attached hydrogens (tertiary/aromatic N) is 2. The molecule has 66 valence electrons. The van der Waals surface area contributed by atoms with Crippen LogP contribution in [0.2, 0.25) is 0 Å². The maximum Gasteiger partial charge on any atom is 0.115 e. The summed E-state index contributed by atoms with van der Waals surface area (Å²) in [5, 5.41) is 3.18. The average molecular weight is 165 g/mol. The number of likely N-dealkylation sites (N-methyl/N-ethyl adjacent to an activating group) is 1. The van der Waals surface area contributed by atoms with Gasteiger partial charge in [0.15, 0.2) is 0 Å². The van der Waals surface area contributed by atoms with Gasteiger partial charge in [0, 0.05) is 11.9 Å². The summed E-state index contributed by atoms with van der Waals surface area (Å²) in [5.41, 5.74) is 0.923. The number of allylic oxidation sites excluding steroid dienone is 1. The van der Waals surface area contributed by atoms with Gasteiger partial charge in [0.25, 0.3) is 0 Å². The van der Waals surface area contributed by atoms with E-state index in [1.807, 2.05) is 13.3 Å². The van der Waals surface area contributed by atoms with E-state index in [0.717, 1.165) is 12.1 Å². The van der Waals surface area contributed by atoms with E-state index in [1.165, 1.54) is 0 Å². The zero-order chi connectivity index (χ0) is 9.03. The average Bonchev–Trinajstić information content (AvgIpc) is 2.28. The predicted molar refractivity (Wildman–Crippen MR) is 52.8 cm³/mol. The fourth-order valence-electron chi connectivity index (χ4n) is 1.05. The van der Waals surface area contributed by atoms with Crippen LogP contribution in [-0.4, -0.2) is 25.1 Å². The molecule has 1 rings (SSSR count). The minimum atomic E-state index is -0.151. The summed E-state index contributed by atoms with van der Waals surface area (Å²) in [4.78, 5) is 8.25. The third-order valence-corrected chi connectivity index (χ3v) is 2.00. The minimum Gasteiger partial charge on any atom is -0.307 e. The molecule has 0 amide bonds. The third-order valence-electron chi connectivity index (χ3n) is 2.00. The van der Waals surface area contributed by atoms with Crippen LogP contribution in [0.5, 0.6) is 0 Å². The second-order valence-corrected chi connectivity index (χ2v) is 3.04. The normalized spacial score (nSPS) is 28.4. The zero-order valence-electron chi connectivity index (χ0n) is 7.83. The third kappa shape index (κ3) is 2.01. The Morgan fingerprint density at radius 2 is 2.33 bits per heavy atom. The quantitative estimate of drug-likeness (QED) is 0.659. The van der Waals surface area contributed by atoms with Crippen molar-refractivity contribution >= 4 is 12.6 Å². The molecule has 0 spiro atoms. The van der Waals surface area contributed by atoms with Crippen LogP contribution in [0.1, 0.15) is 20.3 Å². The molecule has 0 aromatic carbocycles. The summed E-state index contributed by atoms with van der Waals surface area (Å²) in [6, 6.07) is 0. The highest BCUT2D eigenvalue weighted by atomic mass is 15.0. The molecule has 3 nitrogen and oxygen atoms in total. The maximum atomic E-state index is 4.18. The number of rotatable bonds is 2. The molecule has 3 heteroatoms. The molecule has 12 heavy (non-hydrogen) atoms. The first kappa shape index (κ1) is 9.13. The molecule has 1 aliphatic rings. The molecule has 0 radical (unpaired) electrons. The van der Waals surface area contributed by atoms with Gasteiger partial charge >= 0.3 is 0 Å². The highest BCUT2D eigenvalue weighted by Gasteiger charge is 2.17. The number of aliphatic imine (C=N–C) groups is 2. The lowest BCUT2D eigenvalue weighted by Gasteiger charge is -2.19. The summed E-state index contributed by atoms with van der Waals surface area (Å²) in [5.74, 6) is 0. The molecular formula is C9H15N3. The first-order valence-corrected chi connectivity index (χ1v) is 4.17. The topological polar surface area (TPSA) is 36.8 Å². The van der Waals surface area contributed by atoms with Gasteiger partial charge in [0.1, 0.15) is 6.34 Å². The van der Waals surface area contributed by atoms with E-state index in [2.05, 4.69) is 35.2 Å². The smallest absolute Gasteiger partial charge is 0.115 e. The van der Waals surface area contributed by atoms with Crippen molar-refractivity contribution < 1.29 is 0 Å². The molecule has 1 heterocycles. The SMILES string of the molecule is CCC1=CC(C)(NC)C=NC=N1. The van der Waals surface area contributed by atoms with Crippen molar-refractivity contribution in [1.82, 2.24) is 5.32 Å². The van der Waals surface area contributed by atoms with Gasteiger partial charge in [-0.15, -0.1) is 0 Å². The lowest BCUT2D eigenvalue weighted by Crippen LogP contribution is -2.39. The van der Waals surface area contributed by atoms with Crippen LogP contribution in [0.25, 0.3) is 0 Å². The van der Waals surface area contributed by atoms with Gasteiger partial charge in [-0.05, 0) is 26.5 Å². The summed E-state index contributed by atoms with van der Waals surface area (Å²) >= 11 is 0. The predicted octanol–water partition coefficient (Wildman–Crippen LogP) is 1.37. The standard InChI is InChI=1S/C9H15N3/c1-4-8-5-9(2,10-3)6-11-7-12-8/h5-7,10H,4H2,1-3H3. The maximum absolute atomic E-state index is 4.18. The van der Waals surface area contributed by atoms with Crippen LogP contribution in [-0.2, 0) is 0 Å². The van der Waals surface area contributed by atoms with Crippen LogP contribution in [0.15, 0.2) is 21.8 Å². The van der Waals surface area contributed by atoms with Gasteiger partial charge < -0.3 is 5.32 Å². The Hall–Kier alpha value is -0.960. The number of hydrogen-bond donors (Lipinski definition) is 1. The molecule has 1 aliphatic heterocycles. The van der Waals surface area contributed by atoms with Gasteiger partial charge in [0.2, 0.25) is 0 Å². The Labute approximate surface area is 73.3 Å². The van der Waals surface area contributed by atoms with E-state index in [-0.39, 0.29) is 5.54 Å². The van der Waals surface area contributed by atoms with E-state index < -0.39 is 0 Å². The fourth-order valence-corrected chi connectivity index (χ4v) is 1.05. The molecule has 0 aromatic rings. The van der Waals surface area contributed by atoms with Crippen LogP contribution in [0.3, 0.4) is 0 Å². The first-order valence-electron chi connectivity index (χ1n) is 4.17. The van der Waals surface area contributed by atoms with Crippen molar-refractivity contribution in [2.45, 2.75) is 25.8 Å². The molecule has 0 saturated carbocycles. The van der Waals surface area contributed by atoms with Gasteiger partial charge in [-0.3, -0.25) is 0 Å². The molecule has 0 aromatic heterocycles. The van der Waals surface area contributed by atoms with Crippen molar-refractivity contribution in [1.29, 1.82) is 0 Å². The van der Waals surface area contributed by atoms with Gasteiger partial charge in [-0.25, -0.2) is 9.98 Å². The van der Waals surface area contributed by atoms with E-state index in [0.29, 0.717) is 0 Å². The first-order chi connectivity index (χ1) is 5.70. The van der Waals surface area contributed by atoms with Crippen molar-refractivity contribution in [3.05, 3.63) is 11.8 Å². The largest absolute Gasteiger partial charge is 0.307 e. The van der Waals surface area contributed by atoms with Crippen molar-refractivity contribution in [2.24, 2.45) is 9.98 Å². The number of hydrogen-bond acceptors (Lipinski definition) is 3. The molecule has 0 bridgehead atoms. The summed E-state index contributed by atoms with van der Waals surface area (Å²) in [6.45, 7) is 4.16. The van der Waals surface area contributed by atoms with Crippen LogP contribution in [0, 0.1) is 0 Å². The van der Waals surface area contributed by atoms with Crippen LogP contribution in [0.4, 0.5) is 0 Å². The minimum absolute atomic E-state index is 0.151. The molecule has 1 N–H and O–H groups in total. The summed E-state index contributed by atoms with van der Waals surface area (Å²) in [6.07, 6.45) is 6.49. The molecule has 1 atom stereocenters. The van der Waals surface area contributed by atoms with E-state index in [9.17, 15) is 0 Å². The lowest BCUT2D eigenvalue weighted by atomic mass is 10.0. The van der Waals surface area contributed by atoms with Gasteiger partial charge in [0.05, 0.1) is 5.54 Å². The lowest BCUT2D eigenvalue weighted by molar-refractivity contribution is 0.631. The van der Waals surface area contributed by atoms with Gasteiger partial charge in [-0.2, -0.15) is 0 Å². The summed E-state index contributed by atoms with van der Waals surface area (Å²) < 4.78 is 0. The van der Waals surface area contributed by atoms with Crippen LogP contribution < -0.4 is 5.32 Å². The Balaban J connectivity index is 2.92. The molecule has 0 aliphatic carbocycles. The Morgan fingerprint density at radius 3 is 2.92 bits per heavy atom. The molecule has 1 unspecified atom stereocenters. The highest BCUT2D eigenvalue weighted by Crippen LogP contribution is 2.12. The van der Waals surface area contributed by atoms with Crippen LogP contribution >= 0.6 is 0 Å². The van der Waals surface area contributed by atoms with E-state index in [1.54, 1.807) is 6.34 Å².